The zero-order valence-corrected chi connectivity index (χ0v) is 11.5. The van der Waals surface area contributed by atoms with E-state index in [4.69, 9.17) is 10.3 Å². The maximum atomic E-state index is 6.16. The Morgan fingerprint density at radius 2 is 1.95 bits per heavy atom. The molecule has 21 heavy (non-hydrogen) atoms. The molecule has 2 aromatic heterocycles. The SMILES string of the molecule is NC(CCc1nc(-c2cccnc2)no1)c1ccccc1. The van der Waals surface area contributed by atoms with Crippen LogP contribution in [0.25, 0.3) is 11.4 Å². The summed E-state index contributed by atoms with van der Waals surface area (Å²) < 4.78 is 5.26. The first kappa shape index (κ1) is 13.5. The van der Waals surface area contributed by atoms with Gasteiger partial charge in [0, 0.05) is 30.4 Å². The molecule has 3 rings (SSSR count). The number of benzene rings is 1. The predicted molar refractivity (Wildman–Crippen MR) is 79.2 cm³/mol. The molecule has 5 heteroatoms. The van der Waals surface area contributed by atoms with Gasteiger partial charge in [-0.3, -0.25) is 4.98 Å². The lowest BCUT2D eigenvalue weighted by Crippen LogP contribution is -2.11. The minimum absolute atomic E-state index is 0.0278. The number of hydrogen-bond acceptors (Lipinski definition) is 5. The van der Waals surface area contributed by atoms with Gasteiger partial charge in [0.25, 0.3) is 0 Å². The van der Waals surface area contributed by atoms with Gasteiger partial charge in [-0.1, -0.05) is 35.5 Å². The van der Waals surface area contributed by atoms with E-state index in [9.17, 15) is 0 Å². The third-order valence-corrected chi connectivity index (χ3v) is 3.28. The normalized spacial score (nSPS) is 12.2. The molecule has 0 radical (unpaired) electrons. The van der Waals surface area contributed by atoms with Gasteiger partial charge >= 0.3 is 0 Å². The summed E-state index contributed by atoms with van der Waals surface area (Å²) in [5.74, 6) is 1.16. The van der Waals surface area contributed by atoms with Gasteiger partial charge in [0.1, 0.15) is 0 Å². The van der Waals surface area contributed by atoms with Gasteiger partial charge in [-0.15, -0.1) is 0 Å². The molecule has 0 spiro atoms. The van der Waals surface area contributed by atoms with Crippen LogP contribution >= 0.6 is 0 Å². The van der Waals surface area contributed by atoms with Crippen molar-refractivity contribution in [3.8, 4) is 11.4 Å². The average Bonchev–Trinajstić information content (AvgIpc) is 3.03. The maximum absolute atomic E-state index is 6.16. The first-order valence-electron chi connectivity index (χ1n) is 6.86. The molecule has 3 aromatic rings. The third kappa shape index (κ3) is 3.32. The zero-order chi connectivity index (χ0) is 14.5. The molecule has 1 atom stereocenters. The smallest absolute Gasteiger partial charge is 0.227 e. The molecule has 2 heterocycles. The highest BCUT2D eigenvalue weighted by Gasteiger charge is 2.11. The lowest BCUT2D eigenvalue weighted by Gasteiger charge is -2.09. The first-order valence-corrected chi connectivity index (χ1v) is 6.86. The number of hydrogen-bond donors (Lipinski definition) is 1. The Balaban J connectivity index is 1.63. The Bertz CT molecular complexity index is 682. The van der Waals surface area contributed by atoms with Crippen LogP contribution in [0.15, 0.2) is 59.4 Å². The van der Waals surface area contributed by atoms with E-state index in [1.165, 1.54) is 0 Å². The number of aryl methyl sites for hydroxylation is 1. The van der Waals surface area contributed by atoms with Crippen molar-refractivity contribution in [2.45, 2.75) is 18.9 Å². The molecule has 0 fully saturated rings. The predicted octanol–water partition coefficient (Wildman–Crippen LogP) is 2.76. The number of pyridine rings is 1. The Labute approximate surface area is 122 Å². The van der Waals surface area contributed by atoms with E-state index in [-0.39, 0.29) is 6.04 Å². The monoisotopic (exact) mass is 280 g/mol. The zero-order valence-electron chi connectivity index (χ0n) is 11.5. The molecule has 0 aliphatic carbocycles. The number of nitrogens with zero attached hydrogens (tertiary/aromatic N) is 3. The van der Waals surface area contributed by atoms with Gasteiger partial charge in [0.15, 0.2) is 0 Å². The summed E-state index contributed by atoms with van der Waals surface area (Å²) in [7, 11) is 0. The van der Waals surface area contributed by atoms with E-state index in [1.807, 2.05) is 42.5 Å². The second kappa shape index (κ2) is 6.28. The topological polar surface area (TPSA) is 77.8 Å². The number of nitrogens with two attached hydrogens (primary N) is 1. The maximum Gasteiger partial charge on any atom is 0.227 e. The molecule has 106 valence electrons. The van der Waals surface area contributed by atoms with Gasteiger partial charge in [0.05, 0.1) is 0 Å². The van der Waals surface area contributed by atoms with Crippen LogP contribution in [0.1, 0.15) is 23.9 Å². The fourth-order valence-corrected chi connectivity index (χ4v) is 2.11. The number of aromatic nitrogens is 3. The lowest BCUT2D eigenvalue weighted by atomic mass is 10.0. The molecule has 0 bridgehead atoms. The largest absolute Gasteiger partial charge is 0.339 e. The Morgan fingerprint density at radius 3 is 2.71 bits per heavy atom. The minimum atomic E-state index is -0.0278. The van der Waals surface area contributed by atoms with Crippen LogP contribution in [0, 0.1) is 0 Å². The molecular weight excluding hydrogens is 264 g/mol. The van der Waals surface area contributed by atoms with Crippen molar-refractivity contribution in [2.24, 2.45) is 5.73 Å². The van der Waals surface area contributed by atoms with Crippen LogP contribution in [0.3, 0.4) is 0 Å². The summed E-state index contributed by atoms with van der Waals surface area (Å²) in [6.45, 7) is 0. The molecule has 0 aliphatic heterocycles. The van der Waals surface area contributed by atoms with Crippen LogP contribution in [-0.4, -0.2) is 15.1 Å². The van der Waals surface area contributed by atoms with Gasteiger partial charge < -0.3 is 10.3 Å². The molecule has 2 N–H and O–H groups in total. The van der Waals surface area contributed by atoms with Gasteiger partial charge in [-0.05, 0) is 24.1 Å². The van der Waals surface area contributed by atoms with E-state index >= 15 is 0 Å². The molecule has 0 aliphatic rings. The van der Waals surface area contributed by atoms with Crippen molar-refractivity contribution in [1.29, 1.82) is 0 Å². The molecular formula is C16H16N4O. The fraction of sp³-hybridized carbons (Fsp3) is 0.188. The molecule has 0 saturated carbocycles. The Hall–Kier alpha value is -2.53. The van der Waals surface area contributed by atoms with E-state index in [2.05, 4.69) is 15.1 Å². The van der Waals surface area contributed by atoms with E-state index in [1.54, 1.807) is 12.4 Å². The second-order valence-electron chi connectivity index (χ2n) is 4.81. The Kier molecular flexibility index (Phi) is 4.02. The quantitative estimate of drug-likeness (QED) is 0.777. The first-order chi connectivity index (χ1) is 10.3. The fourth-order valence-electron chi connectivity index (χ4n) is 2.11. The summed E-state index contributed by atoms with van der Waals surface area (Å²) in [6, 6.07) is 13.7. The third-order valence-electron chi connectivity index (χ3n) is 3.28. The molecule has 0 amide bonds. The highest BCUT2D eigenvalue weighted by atomic mass is 16.5. The average molecular weight is 280 g/mol. The van der Waals surface area contributed by atoms with E-state index in [0.717, 1.165) is 17.5 Å². The van der Waals surface area contributed by atoms with Crippen LogP contribution in [0.4, 0.5) is 0 Å². The van der Waals surface area contributed by atoms with Crippen molar-refractivity contribution in [2.75, 3.05) is 0 Å². The van der Waals surface area contributed by atoms with Crippen molar-refractivity contribution in [3.05, 3.63) is 66.3 Å². The molecule has 1 aromatic carbocycles. The van der Waals surface area contributed by atoms with Crippen molar-refractivity contribution in [3.63, 3.8) is 0 Å². The second-order valence-corrected chi connectivity index (χ2v) is 4.81. The lowest BCUT2D eigenvalue weighted by molar-refractivity contribution is 0.372. The summed E-state index contributed by atoms with van der Waals surface area (Å²) in [5, 5.41) is 3.97. The summed E-state index contributed by atoms with van der Waals surface area (Å²) in [4.78, 5) is 8.42. The summed E-state index contributed by atoms with van der Waals surface area (Å²) >= 11 is 0. The van der Waals surface area contributed by atoms with Gasteiger partial charge in [-0.2, -0.15) is 4.98 Å². The highest BCUT2D eigenvalue weighted by Crippen LogP contribution is 2.18. The van der Waals surface area contributed by atoms with Gasteiger partial charge in [0.2, 0.25) is 11.7 Å². The van der Waals surface area contributed by atoms with E-state index < -0.39 is 0 Å². The molecule has 1 unspecified atom stereocenters. The Morgan fingerprint density at radius 1 is 1.10 bits per heavy atom. The standard InChI is InChI=1S/C16H16N4O/c17-14(12-5-2-1-3-6-12)8-9-15-19-16(20-21-15)13-7-4-10-18-11-13/h1-7,10-11,14H,8-9,17H2. The van der Waals surface area contributed by atoms with Crippen molar-refractivity contribution < 1.29 is 4.52 Å². The van der Waals surface area contributed by atoms with Gasteiger partial charge in [-0.25, -0.2) is 0 Å². The van der Waals surface area contributed by atoms with Crippen LogP contribution in [-0.2, 0) is 6.42 Å². The highest BCUT2D eigenvalue weighted by molar-refractivity contribution is 5.51. The van der Waals surface area contributed by atoms with Crippen LogP contribution < -0.4 is 5.73 Å². The molecule has 5 nitrogen and oxygen atoms in total. The van der Waals surface area contributed by atoms with Crippen molar-refractivity contribution >= 4 is 0 Å². The summed E-state index contributed by atoms with van der Waals surface area (Å²) in [5.41, 5.74) is 8.12. The molecule has 0 saturated heterocycles. The number of rotatable bonds is 5. The van der Waals surface area contributed by atoms with E-state index in [0.29, 0.717) is 18.1 Å². The minimum Gasteiger partial charge on any atom is -0.339 e. The summed E-state index contributed by atoms with van der Waals surface area (Å²) in [6.07, 6.45) is 4.84. The van der Waals surface area contributed by atoms with Crippen LogP contribution in [0.5, 0.6) is 0 Å². The van der Waals surface area contributed by atoms with Crippen LogP contribution in [0.2, 0.25) is 0 Å². The van der Waals surface area contributed by atoms with Crippen molar-refractivity contribution in [1.82, 2.24) is 15.1 Å².